The molecule has 1 aromatic carbocycles. The van der Waals surface area contributed by atoms with Gasteiger partial charge in [0, 0.05) is 23.4 Å². The maximum atomic E-state index is 10.8. The third-order valence-corrected chi connectivity index (χ3v) is 4.91. The summed E-state index contributed by atoms with van der Waals surface area (Å²) in [6.07, 6.45) is 8.50. The van der Waals surface area contributed by atoms with Gasteiger partial charge in [-0.05, 0) is 29.1 Å². The second kappa shape index (κ2) is 8.91. The summed E-state index contributed by atoms with van der Waals surface area (Å²) in [5.41, 5.74) is 1.15. The average molecular weight is 397 g/mol. The van der Waals surface area contributed by atoms with E-state index >= 15 is 0 Å². The van der Waals surface area contributed by atoms with E-state index in [4.69, 9.17) is 14.2 Å². The van der Waals surface area contributed by atoms with Crippen molar-refractivity contribution in [2.45, 2.75) is 19.6 Å². The van der Waals surface area contributed by atoms with Crippen LogP contribution in [0.25, 0.3) is 0 Å². The average Bonchev–Trinajstić information content (AvgIpc) is 3.18. The van der Waals surface area contributed by atoms with E-state index in [0.717, 1.165) is 17.7 Å². The molecular weight excluding hydrogens is 374 g/mol. The number of fused-ring (bicyclic) bond motifs is 1. The molecule has 152 valence electrons. The predicted molar refractivity (Wildman–Crippen MR) is 105 cm³/mol. The smallest absolute Gasteiger partial charge is 0.414 e. The lowest BCUT2D eigenvalue weighted by molar-refractivity contribution is -0.389. The molecule has 0 bridgehead atoms. The van der Waals surface area contributed by atoms with Crippen molar-refractivity contribution in [3.05, 3.63) is 76.2 Å². The largest absolute Gasteiger partial charge is 0.489 e. The molecule has 1 aromatic heterocycles. The Morgan fingerprint density at radius 2 is 2.14 bits per heavy atom. The van der Waals surface area contributed by atoms with Crippen LogP contribution in [0.3, 0.4) is 0 Å². The Balaban J connectivity index is 1.17. The molecule has 2 aromatic rings. The number of hydrogen-bond acceptors (Lipinski definition) is 6. The van der Waals surface area contributed by atoms with Gasteiger partial charge < -0.3 is 24.3 Å². The van der Waals surface area contributed by atoms with Gasteiger partial charge in [0.2, 0.25) is 0 Å². The SMILES string of the molecule is O=[N+]([O-])c1cn2c(n1)OCC(COCC1C=CC(OCc3ccccc3)=CC1)C2. The van der Waals surface area contributed by atoms with E-state index in [9.17, 15) is 10.1 Å². The fourth-order valence-corrected chi connectivity index (χ4v) is 3.35. The number of nitro groups is 1. The van der Waals surface area contributed by atoms with Gasteiger partial charge in [0.05, 0.1) is 13.2 Å². The third kappa shape index (κ3) is 5.03. The van der Waals surface area contributed by atoms with Crippen molar-refractivity contribution in [2.75, 3.05) is 19.8 Å². The van der Waals surface area contributed by atoms with Crippen LogP contribution in [0.15, 0.2) is 60.5 Å². The van der Waals surface area contributed by atoms with Crippen LogP contribution in [-0.2, 0) is 22.6 Å². The Bertz CT molecular complexity index is 906. The van der Waals surface area contributed by atoms with Crippen LogP contribution in [-0.4, -0.2) is 34.3 Å². The molecule has 0 amide bonds. The quantitative estimate of drug-likeness (QED) is 0.500. The maximum absolute atomic E-state index is 10.8. The normalized spacial score (nSPS) is 20.5. The zero-order valence-electron chi connectivity index (χ0n) is 16.0. The molecule has 2 unspecified atom stereocenters. The fourth-order valence-electron chi connectivity index (χ4n) is 3.35. The number of ether oxygens (including phenoxy) is 3. The van der Waals surface area contributed by atoms with E-state index < -0.39 is 4.92 Å². The monoisotopic (exact) mass is 397 g/mol. The molecule has 8 nitrogen and oxygen atoms in total. The number of allylic oxidation sites excluding steroid dienone is 2. The van der Waals surface area contributed by atoms with Gasteiger partial charge in [-0.3, -0.25) is 4.57 Å². The molecule has 1 aliphatic carbocycles. The molecule has 2 aliphatic rings. The highest BCUT2D eigenvalue weighted by Gasteiger charge is 2.28. The van der Waals surface area contributed by atoms with Gasteiger partial charge >= 0.3 is 11.8 Å². The van der Waals surface area contributed by atoms with Crippen molar-refractivity contribution in [3.8, 4) is 6.01 Å². The molecule has 29 heavy (non-hydrogen) atoms. The van der Waals surface area contributed by atoms with Crippen LogP contribution in [0.1, 0.15) is 12.0 Å². The summed E-state index contributed by atoms with van der Waals surface area (Å²) in [6, 6.07) is 10.4. The Morgan fingerprint density at radius 3 is 2.90 bits per heavy atom. The molecule has 0 fully saturated rings. The topological polar surface area (TPSA) is 88.7 Å². The first-order valence-electron chi connectivity index (χ1n) is 9.64. The van der Waals surface area contributed by atoms with Crippen LogP contribution in [0, 0.1) is 22.0 Å². The maximum Gasteiger partial charge on any atom is 0.414 e. The van der Waals surface area contributed by atoms with Crippen LogP contribution < -0.4 is 4.74 Å². The minimum absolute atomic E-state index is 0.143. The lowest BCUT2D eigenvalue weighted by Crippen LogP contribution is -2.29. The summed E-state index contributed by atoms with van der Waals surface area (Å²) in [5.74, 6) is 1.16. The van der Waals surface area contributed by atoms with Gasteiger partial charge in [-0.2, -0.15) is 0 Å². The number of imidazole rings is 1. The fraction of sp³-hybridized carbons (Fsp3) is 0.381. The molecule has 4 rings (SSSR count). The first kappa shape index (κ1) is 19.2. The van der Waals surface area contributed by atoms with Crippen molar-refractivity contribution in [1.82, 2.24) is 9.55 Å². The van der Waals surface area contributed by atoms with Crippen LogP contribution in [0.5, 0.6) is 6.01 Å². The highest BCUT2D eigenvalue weighted by Crippen LogP contribution is 2.24. The molecule has 2 heterocycles. The number of rotatable bonds is 8. The molecule has 0 N–H and O–H groups in total. The first-order valence-corrected chi connectivity index (χ1v) is 9.64. The number of nitrogens with zero attached hydrogens (tertiary/aromatic N) is 3. The zero-order valence-corrected chi connectivity index (χ0v) is 16.0. The highest BCUT2D eigenvalue weighted by molar-refractivity contribution is 5.22. The molecule has 2 atom stereocenters. The standard InChI is InChI=1S/C21H23N3O5/c25-24(26)20-11-23-10-18(15-29-21(23)22-20)13-27-12-17-6-8-19(9-7-17)28-14-16-4-2-1-3-5-16/h1-6,8-9,11,17-18H,7,10,12-15H2. The third-order valence-electron chi connectivity index (χ3n) is 4.91. The van der Waals surface area contributed by atoms with Gasteiger partial charge in [0.15, 0.2) is 0 Å². The van der Waals surface area contributed by atoms with E-state index in [0.29, 0.717) is 44.9 Å². The molecular formula is C21H23N3O5. The summed E-state index contributed by atoms with van der Waals surface area (Å²) in [7, 11) is 0. The number of aromatic nitrogens is 2. The van der Waals surface area contributed by atoms with Gasteiger partial charge in [-0.25, -0.2) is 0 Å². The summed E-state index contributed by atoms with van der Waals surface area (Å²) in [4.78, 5) is 14.2. The van der Waals surface area contributed by atoms with Crippen molar-refractivity contribution in [2.24, 2.45) is 11.8 Å². The van der Waals surface area contributed by atoms with Crippen LogP contribution >= 0.6 is 0 Å². The molecule has 8 heteroatoms. The minimum atomic E-state index is -0.513. The zero-order chi connectivity index (χ0) is 20.1. The molecule has 0 radical (unpaired) electrons. The molecule has 0 spiro atoms. The van der Waals surface area contributed by atoms with E-state index in [-0.39, 0.29) is 11.7 Å². The summed E-state index contributed by atoms with van der Waals surface area (Å²) < 4.78 is 18.9. The van der Waals surface area contributed by atoms with Gasteiger partial charge in [-0.1, -0.05) is 36.4 Å². The molecule has 0 saturated heterocycles. The van der Waals surface area contributed by atoms with Gasteiger partial charge in [0.1, 0.15) is 25.2 Å². The summed E-state index contributed by atoms with van der Waals surface area (Å²) >= 11 is 0. The van der Waals surface area contributed by atoms with Gasteiger partial charge in [-0.15, -0.1) is 0 Å². The predicted octanol–water partition coefficient (Wildman–Crippen LogP) is 3.49. The number of benzene rings is 1. The lowest BCUT2D eigenvalue weighted by atomic mass is 10.0. The van der Waals surface area contributed by atoms with Crippen molar-refractivity contribution in [1.29, 1.82) is 0 Å². The van der Waals surface area contributed by atoms with Gasteiger partial charge in [0.25, 0.3) is 0 Å². The van der Waals surface area contributed by atoms with Crippen molar-refractivity contribution >= 4 is 5.82 Å². The van der Waals surface area contributed by atoms with Crippen LogP contribution in [0.4, 0.5) is 5.82 Å². The second-order valence-corrected chi connectivity index (χ2v) is 7.24. The summed E-state index contributed by atoms with van der Waals surface area (Å²) in [5, 5.41) is 10.8. The van der Waals surface area contributed by atoms with E-state index in [1.165, 1.54) is 6.20 Å². The van der Waals surface area contributed by atoms with Crippen LogP contribution in [0.2, 0.25) is 0 Å². The Kier molecular flexibility index (Phi) is 5.90. The first-order chi connectivity index (χ1) is 14.2. The molecule has 0 saturated carbocycles. The Morgan fingerprint density at radius 1 is 1.28 bits per heavy atom. The second-order valence-electron chi connectivity index (χ2n) is 7.24. The Hall–Kier alpha value is -3.13. The van der Waals surface area contributed by atoms with E-state index in [2.05, 4.69) is 17.1 Å². The lowest BCUT2D eigenvalue weighted by Gasteiger charge is -2.23. The summed E-state index contributed by atoms with van der Waals surface area (Å²) in [6.45, 7) is 2.78. The van der Waals surface area contributed by atoms with Crippen molar-refractivity contribution < 1.29 is 19.1 Å². The van der Waals surface area contributed by atoms with Crippen molar-refractivity contribution in [3.63, 3.8) is 0 Å². The van der Waals surface area contributed by atoms with E-state index in [1.807, 2.05) is 36.4 Å². The van der Waals surface area contributed by atoms with E-state index in [1.54, 1.807) is 4.57 Å². The molecule has 1 aliphatic heterocycles. The highest BCUT2D eigenvalue weighted by atomic mass is 16.6. The number of hydrogen-bond donors (Lipinski definition) is 0. The Labute approximate surface area is 168 Å². The minimum Gasteiger partial charge on any atom is -0.489 e.